The minimum atomic E-state index is -0.730. The molecule has 1 rings (SSSR count). The smallest absolute Gasteiger partial charge is 0.341 e. The molecule has 4 N–H and O–H groups in total. The van der Waals surface area contributed by atoms with Gasteiger partial charge in [0.15, 0.2) is 5.75 Å². The fourth-order valence-electron chi connectivity index (χ4n) is 1.19. The van der Waals surface area contributed by atoms with Crippen molar-refractivity contribution >= 4 is 23.3 Å². The molecule has 0 aliphatic rings. The van der Waals surface area contributed by atoms with Crippen LogP contribution in [0.4, 0.5) is 11.4 Å². The van der Waals surface area contributed by atoms with E-state index in [1.807, 2.05) is 0 Å². The van der Waals surface area contributed by atoms with Gasteiger partial charge in [0.1, 0.15) is 5.56 Å². The van der Waals surface area contributed by atoms with Crippen LogP contribution in [0.2, 0.25) is 0 Å². The van der Waals surface area contributed by atoms with Gasteiger partial charge in [-0.2, -0.15) is 0 Å². The Balaban J connectivity index is 3.29. The number of carbonyl (C=O) groups is 2. The molecule has 0 amide bonds. The molecular weight excluding hydrogens is 224 g/mol. The quantitative estimate of drug-likeness (QED) is 0.347. The van der Waals surface area contributed by atoms with Gasteiger partial charge in [-0.3, -0.25) is 0 Å². The van der Waals surface area contributed by atoms with E-state index in [1.165, 1.54) is 19.2 Å². The molecule has 0 fully saturated rings. The number of anilines is 2. The van der Waals surface area contributed by atoms with Gasteiger partial charge in [-0.1, -0.05) is 6.58 Å². The highest BCUT2D eigenvalue weighted by atomic mass is 16.5. The highest BCUT2D eigenvalue weighted by Gasteiger charge is 2.18. The molecular formula is C11H12N2O4. The third kappa shape index (κ3) is 2.75. The summed E-state index contributed by atoms with van der Waals surface area (Å²) in [7, 11) is 1.20. The highest BCUT2D eigenvalue weighted by Crippen LogP contribution is 2.30. The van der Waals surface area contributed by atoms with Crippen LogP contribution in [0.25, 0.3) is 0 Å². The first-order chi connectivity index (χ1) is 7.99. The van der Waals surface area contributed by atoms with E-state index in [0.29, 0.717) is 0 Å². The number of methoxy groups -OCH3 is 1. The minimum absolute atomic E-state index is 0.0137. The number of hydrogen-bond donors (Lipinski definition) is 2. The monoisotopic (exact) mass is 236 g/mol. The second-order valence-electron chi connectivity index (χ2n) is 3.10. The second kappa shape index (κ2) is 5.02. The lowest BCUT2D eigenvalue weighted by Gasteiger charge is -2.11. The lowest BCUT2D eigenvalue weighted by atomic mass is 10.1. The van der Waals surface area contributed by atoms with Crippen molar-refractivity contribution in [1.82, 2.24) is 0 Å². The van der Waals surface area contributed by atoms with E-state index < -0.39 is 11.9 Å². The molecule has 0 atom stereocenters. The molecule has 0 aliphatic carbocycles. The molecule has 90 valence electrons. The third-order valence-electron chi connectivity index (χ3n) is 1.91. The Morgan fingerprint density at radius 1 is 1.35 bits per heavy atom. The van der Waals surface area contributed by atoms with Gasteiger partial charge in [0, 0.05) is 11.8 Å². The van der Waals surface area contributed by atoms with Gasteiger partial charge in [0.2, 0.25) is 0 Å². The van der Waals surface area contributed by atoms with Crippen LogP contribution in [0.3, 0.4) is 0 Å². The Kier molecular flexibility index (Phi) is 3.71. The van der Waals surface area contributed by atoms with E-state index in [9.17, 15) is 9.59 Å². The molecule has 0 bridgehead atoms. The maximum atomic E-state index is 11.5. The Hall–Kier alpha value is -2.50. The van der Waals surface area contributed by atoms with Crippen LogP contribution in [0.15, 0.2) is 24.8 Å². The standard InChI is InChI=1S/C11H12N2O4/c1-3-9(14)17-10-7(11(15)16-2)4-6(12)5-8(10)13/h3-5H,1,12-13H2,2H3. The van der Waals surface area contributed by atoms with Crippen molar-refractivity contribution in [2.75, 3.05) is 18.6 Å². The van der Waals surface area contributed by atoms with Gasteiger partial charge in [0.05, 0.1) is 12.8 Å². The maximum absolute atomic E-state index is 11.5. The largest absolute Gasteiger partial charge is 0.465 e. The lowest BCUT2D eigenvalue weighted by molar-refractivity contribution is -0.128. The Morgan fingerprint density at radius 3 is 2.53 bits per heavy atom. The first kappa shape index (κ1) is 12.6. The number of carbonyl (C=O) groups excluding carboxylic acids is 2. The van der Waals surface area contributed by atoms with Gasteiger partial charge in [-0.15, -0.1) is 0 Å². The van der Waals surface area contributed by atoms with Crippen molar-refractivity contribution in [3.05, 3.63) is 30.4 Å². The minimum Gasteiger partial charge on any atom is -0.465 e. The van der Waals surface area contributed by atoms with Crippen LogP contribution in [0.1, 0.15) is 10.4 Å². The molecule has 0 saturated heterocycles. The van der Waals surface area contributed by atoms with E-state index in [2.05, 4.69) is 11.3 Å². The van der Waals surface area contributed by atoms with Crippen LogP contribution in [-0.2, 0) is 9.53 Å². The third-order valence-corrected chi connectivity index (χ3v) is 1.91. The number of hydrogen-bond acceptors (Lipinski definition) is 6. The molecule has 1 aromatic rings. The Morgan fingerprint density at radius 2 is 2.00 bits per heavy atom. The second-order valence-corrected chi connectivity index (χ2v) is 3.10. The SMILES string of the molecule is C=CC(=O)Oc1c(N)cc(N)cc1C(=O)OC. The van der Waals surface area contributed by atoms with Gasteiger partial charge < -0.3 is 20.9 Å². The van der Waals surface area contributed by atoms with E-state index in [1.54, 1.807) is 0 Å². The average molecular weight is 236 g/mol. The topological polar surface area (TPSA) is 105 Å². The van der Waals surface area contributed by atoms with Crippen molar-refractivity contribution in [3.63, 3.8) is 0 Å². The van der Waals surface area contributed by atoms with Crippen LogP contribution >= 0.6 is 0 Å². The zero-order valence-corrected chi connectivity index (χ0v) is 9.23. The fourth-order valence-corrected chi connectivity index (χ4v) is 1.19. The molecule has 1 aromatic carbocycles. The first-order valence-corrected chi connectivity index (χ1v) is 4.61. The van der Waals surface area contributed by atoms with Crippen molar-refractivity contribution < 1.29 is 19.1 Å². The summed E-state index contributed by atoms with van der Waals surface area (Å²) in [6, 6.07) is 2.69. The van der Waals surface area contributed by atoms with Gasteiger partial charge >= 0.3 is 11.9 Å². The molecule has 0 spiro atoms. The van der Waals surface area contributed by atoms with Gasteiger partial charge in [-0.05, 0) is 12.1 Å². The number of rotatable bonds is 3. The van der Waals surface area contributed by atoms with E-state index >= 15 is 0 Å². The molecule has 6 heteroatoms. The lowest BCUT2D eigenvalue weighted by Crippen LogP contribution is -2.12. The van der Waals surface area contributed by atoms with Crippen LogP contribution in [0, 0.1) is 0 Å². The average Bonchev–Trinajstić information content (AvgIpc) is 2.30. The zero-order chi connectivity index (χ0) is 13.0. The molecule has 17 heavy (non-hydrogen) atoms. The van der Waals surface area contributed by atoms with Crippen molar-refractivity contribution in [1.29, 1.82) is 0 Å². The van der Waals surface area contributed by atoms with Crippen LogP contribution in [-0.4, -0.2) is 19.0 Å². The molecule has 6 nitrogen and oxygen atoms in total. The maximum Gasteiger partial charge on any atom is 0.341 e. The Labute approximate surface area is 97.8 Å². The first-order valence-electron chi connectivity index (χ1n) is 4.61. The van der Waals surface area contributed by atoms with Crippen molar-refractivity contribution in [2.24, 2.45) is 0 Å². The normalized spacial score (nSPS) is 9.47. The number of esters is 2. The van der Waals surface area contributed by atoms with Gasteiger partial charge in [-0.25, -0.2) is 9.59 Å². The summed E-state index contributed by atoms with van der Waals surface area (Å²) in [5, 5.41) is 0. The number of nitrogen functional groups attached to an aromatic ring is 2. The Bertz CT molecular complexity index is 483. The summed E-state index contributed by atoms with van der Waals surface area (Å²) >= 11 is 0. The number of benzene rings is 1. The molecule has 0 aromatic heterocycles. The van der Waals surface area contributed by atoms with E-state index in [4.69, 9.17) is 16.2 Å². The molecule has 0 saturated carbocycles. The predicted octanol–water partition coefficient (Wildman–Crippen LogP) is 0.729. The number of nitrogens with two attached hydrogens (primary N) is 2. The summed E-state index contributed by atoms with van der Waals surface area (Å²) in [5.41, 5.74) is 11.5. The predicted molar refractivity (Wildman–Crippen MR) is 62.4 cm³/mol. The van der Waals surface area contributed by atoms with Crippen molar-refractivity contribution in [3.8, 4) is 5.75 Å². The zero-order valence-electron chi connectivity index (χ0n) is 9.23. The summed E-state index contributed by atoms with van der Waals surface area (Å²) in [6.07, 6.45) is 0.955. The molecule has 0 unspecified atom stereocenters. The highest BCUT2D eigenvalue weighted by molar-refractivity contribution is 5.98. The van der Waals surface area contributed by atoms with Crippen LogP contribution < -0.4 is 16.2 Å². The fraction of sp³-hybridized carbons (Fsp3) is 0.0909. The summed E-state index contributed by atoms with van der Waals surface area (Å²) in [4.78, 5) is 22.6. The number of ether oxygens (including phenoxy) is 2. The molecule has 0 radical (unpaired) electrons. The summed E-state index contributed by atoms with van der Waals surface area (Å²) < 4.78 is 9.40. The van der Waals surface area contributed by atoms with Crippen molar-refractivity contribution in [2.45, 2.75) is 0 Å². The summed E-state index contributed by atoms with van der Waals surface area (Å²) in [6.45, 7) is 3.24. The van der Waals surface area contributed by atoms with Gasteiger partial charge in [0.25, 0.3) is 0 Å². The van der Waals surface area contributed by atoms with E-state index in [-0.39, 0.29) is 22.7 Å². The molecule has 0 aliphatic heterocycles. The molecule has 0 heterocycles. The van der Waals surface area contributed by atoms with Crippen LogP contribution in [0.5, 0.6) is 5.75 Å². The summed E-state index contributed by atoms with van der Waals surface area (Å²) in [5.74, 6) is -1.52. The van der Waals surface area contributed by atoms with E-state index in [0.717, 1.165) is 6.08 Å².